The Balaban J connectivity index is 2.65. The van der Waals surface area contributed by atoms with Crippen molar-refractivity contribution in [1.82, 2.24) is 0 Å². The van der Waals surface area contributed by atoms with Gasteiger partial charge >= 0.3 is 0 Å². The molecule has 2 nitrogen and oxygen atoms in total. The van der Waals surface area contributed by atoms with Gasteiger partial charge in [-0.25, -0.2) is 0 Å². The molecule has 0 aliphatic carbocycles. The summed E-state index contributed by atoms with van der Waals surface area (Å²) in [5.74, 6) is 0.809. The predicted molar refractivity (Wildman–Crippen MR) is 62.3 cm³/mol. The average Bonchev–Trinajstić information content (AvgIpc) is 2.14. The van der Waals surface area contributed by atoms with Gasteiger partial charge in [-0.15, -0.1) is 0 Å². The van der Waals surface area contributed by atoms with E-state index in [1.54, 1.807) is 6.92 Å². The number of hydrogen-bond acceptors (Lipinski definition) is 2. The van der Waals surface area contributed by atoms with E-state index in [2.05, 4.69) is 32.9 Å². The molecule has 84 valence electrons. The van der Waals surface area contributed by atoms with Gasteiger partial charge in [-0.2, -0.15) is 0 Å². The normalized spacial score (nSPS) is 13.7. The second-order valence-electron chi connectivity index (χ2n) is 4.93. The number of benzene rings is 1. The Bertz CT molecular complexity index is 293. The Morgan fingerprint density at radius 1 is 1.20 bits per heavy atom. The lowest BCUT2D eigenvalue weighted by Crippen LogP contribution is -2.13. The minimum absolute atomic E-state index is 0.169. The molecule has 0 aliphatic rings. The van der Waals surface area contributed by atoms with Crippen LogP contribution in [0.25, 0.3) is 0 Å². The third-order valence-electron chi connectivity index (χ3n) is 2.21. The minimum atomic E-state index is -0.424. The average molecular weight is 208 g/mol. The summed E-state index contributed by atoms with van der Waals surface area (Å²) >= 11 is 0. The van der Waals surface area contributed by atoms with Gasteiger partial charge in [0.05, 0.1) is 6.10 Å². The second kappa shape index (κ2) is 4.67. The summed E-state index contributed by atoms with van der Waals surface area (Å²) in [6, 6.07) is 8.03. The molecule has 0 amide bonds. The van der Waals surface area contributed by atoms with E-state index >= 15 is 0 Å². The van der Waals surface area contributed by atoms with Gasteiger partial charge in [-0.1, -0.05) is 32.9 Å². The van der Waals surface area contributed by atoms with E-state index < -0.39 is 6.10 Å². The molecule has 1 rings (SSSR count). The number of hydrogen-bond donors (Lipinski definition) is 1. The van der Waals surface area contributed by atoms with Crippen LogP contribution in [-0.4, -0.2) is 17.8 Å². The zero-order valence-electron chi connectivity index (χ0n) is 9.95. The van der Waals surface area contributed by atoms with Crippen molar-refractivity contribution in [2.45, 2.75) is 39.2 Å². The van der Waals surface area contributed by atoms with Crippen molar-refractivity contribution in [3.05, 3.63) is 29.8 Å². The molecule has 0 aromatic heterocycles. The molecule has 0 bridgehead atoms. The summed E-state index contributed by atoms with van der Waals surface area (Å²) in [6.45, 7) is 8.59. The lowest BCUT2D eigenvalue weighted by Gasteiger charge is -2.19. The molecule has 15 heavy (non-hydrogen) atoms. The second-order valence-corrected chi connectivity index (χ2v) is 4.93. The van der Waals surface area contributed by atoms with Crippen LogP contribution in [0.5, 0.6) is 5.75 Å². The van der Waals surface area contributed by atoms with Crippen LogP contribution in [0.3, 0.4) is 0 Å². The molecule has 0 radical (unpaired) electrons. The molecule has 1 N–H and O–H groups in total. The van der Waals surface area contributed by atoms with Gasteiger partial charge in [-0.3, -0.25) is 0 Å². The number of aliphatic hydroxyl groups is 1. The Hall–Kier alpha value is -1.02. The first-order valence-electron chi connectivity index (χ1n) is 5.31. The molecule has 0 aliphatic heterocycles. The lowest BCUT2D eigenvalue weighted by molar-refractivity contribution is 0.122. The predicted octanol–water partition coefficient (Wildman–Crippen LogP) is 2.74. The Labute approximate surface area is 91.9 Å². The van der Waals surface area contributed by atoms with Crippen molar-refractivity contribution in [2.24, 2.45) is 0 Å². The van der Waals surface area contributed by atoms with Crippen LogP contribution in [-0.2, 0) is 5.41 Å². The molecule has 0 fully saturated rings. The molecule has 0 heterocycles. The van der Waals surface area contributed by atoms with Gasteiger partial charge in [-0.05, 0) is 30.0 Å². The monoisotopic (exact) mass is 208 g/mol. The molecule has 1 atom stereocenters. The molecule has 0 spiro atoms. The largest absolute Gasteiger partial charge is 0.491 e. The van der Waals surface area contributed by atoms with Gasteiger partial charge in [0.1, 0.15) is 12.4 Å². The first-order chi connectivity index (χ1) is 6.89. The number of ether oxygens (including phenoxy) is 1. The van der Waals surface area contributed by atoms with E-state index in [-0.39, 0.29) is 5.41 Å². The van der Waals surface area contributed by atoms with E-state index in [1.807, 2.05) is 12.1 Å². The molecular weight excluding hydrogens is 188 g/mol. The van der Waals surface area contributed by atoms with Crippen LogP contribution in [0.4, 0.5) is 0 Å². The molecule has 1 aromatic carbocycles. The van der Waals surface area contributed by atoms with Crippen molar-refractivity contribution in [3.8, 4) is 5.75 Å². The fraction of sp³-hybridized carbons (Fsp3) is 0.538. The Kier molecular flexibility index (Phi) is 3.75. The smallest absolute Gasteiger partial charge is 0.119 e. The van der Waals surface area contributed by atoms with E-state index in [1.165, 1.54) is 5.56 Å². The Morgan fingerprint density at radius 2 is 1.73 bits per heavy atom. The maximum atomic E-state index is 9.07. The first-order valence-corrected chi connectivity index (χ1v) is 5.31. The first kappa shape index (κ1) is 12.1. The summed E-state index contributed by atoms with van der Waals surface area (Å²) in [4.78, 5) is 0. The third-order valence-corrected chi connectivity index (χ3v) is 2.21. The van der Waals surface area contributed by atoms with Crippen molar-refractivity contribution >= 4 is 0 Å². The third kappa shape index (κ3) is 3.92. The summed E-state index contributed by atoms with van der Waals surface area (Å²) < 4.78 is 5.39. The molecular formula is C13H20O2. The van der Waals surface area contributed by atoms with Gasteiger partial charge in [0.15, 0.2) is 0 Å². The highest BCUT2D eigenvalue weighted by Gasteiger charge is 2.12. The maximum Gasteiger partial charge on any atom is 0.119 e. The van der Waals surface area contributed by atoms with Crippen LogP contribution >= 0.6 is 0 Å². The fourth-order valence-electron chi connectivity index (χ4n) is 1.27. The molecule has 2 heteroatoms. The van der Waals surface area contributed by atoms with Gasteiger partial charge < -0.3 is 9.84 Å². The molecule has 0 saturated carbocycles. The summed E-state index contributed by atoms with van der Waals surface area (Å²) in [5, 5.41) is 9.07. The lowest BCUT2D eigenvalue weighted by atomic mass is 9.87. The fourth-order valence-corrected chi connectivity index (χ4v) is 1.27. The maximum absolute atomic E-state index is 9.07. The van der Waals surface area contributed by atoms with E-state index in [0.29, 0.717) is 6.61 Å². The van der Waals surface area contributed by atoms with Crippen molar-refractivity contribution in [3.63, 3.8) is 0 Å². The molecule has 0 saturated heterocycles. The van der Waals surface area contributed by atoms with E-state index in [4.69, 9.17) is 9.84 Å². The quantitative estimate of drug-likeness (QED) is 0.827. The van der Waals surface area contributed by atoms with Crippen molar-refractivity contribution in [2.75, 3.05) is 6.61 Å². The highest BCUT2D eigenvalue weighted by atomic mass is 16.5. The zero-order valence-corrected chi connectivity index (χ0v) is 9.95. The SMILES string of the molecule is CC(O)COc1ccc(C(C)(C)C)cc1. The van der Waals surface area contributed by atoms with Gasteiger partial charge in [0, 0.05) is 0 Å². The molecule has 1 aromatic rings. The van der Waals surface area contributed by atoms with Crippen LogP contribution in [0.1, 0.15) is 33.3 Å². The van der Waals surface area contributed by atoms with Gasteiger partial charge in [0.2, 0.25) is 0 Å². The molecule has 1 unspecified atom stereocenters. The highest BCUT2D eigenvalue weighted by Crippen LogP contribution is 2.24. The number of aliphatic hydroxyl groups excluding tert-OH is 1. The summed E-state index contributed by atoms with van der Waals surface area (Å²) in [7, 11) is 0. The standard InChI is InChI=1S/C13H20O2/c1-10(14)9-15-12-7-5-11(6-8-12)13(2,3)4/h5-8,10,14H,9H2,1-4H3. The minimum Gasteiger partial charge on any atom is -0.491 e. The Morgan fingerprint density at radius 3 is 2.13 bits per heavy atom. The van der Waals surface area contributed by atoms with E-state index in [9.17, 15) is 0 Å². The van der Waals surface area contributed by atoms with E-state index in [0.717, 1.165) is 5.75 Å². The van der Waals surface area contributed by atoms with Crippen molar-refractivity contribution in [1.29, 1.82) is 0 Å². The van der Waals surface area contributed by atoms with Crippen molar-refractivity contribution < 1.29 is 9.84 Å². The summed E-state index contributed by atoms with van der Waals surface area (Å²) in [6.07, 6.45) is -0.424. The topological polar surface area (TPSA) is 29.5 Å². The van der Waals surface area contributed by atoms with Crippen LogP contribution < -0.4 is 4.74 Å². The van der Waals surface area contributed by atoms with Crippen LogP contribution in [0, 0.1) is 0 Å². The van der Waals surface area contributed by atoms with Crippen LogP contribution in [0.2, 0.25) is 0 Å². The van der Waals surface area contributed by atoms with Gasteiger partial charge in [0.25, 0.3) is 0 Å². The number of rotatable bonds is 3. The zero-order chi connectivity index (χ0) is 11.5. The summed E-state index contributed by atoms with van der Waals surface area (Å²) in [5.41, 5.74) is 1.45. The highest BCUT2D eigenvalue weighted by molar-refractivity contribution is 5.31. The van der Waals surface area contributed by atoms with Crippen LogP contribution in [0.15, 0.2) is 24.3 Å².